The van der Waals surface area contributed by atoms with Crippen LogP contribution in [0.4, 0.5) is 0 Å². The average molecular weight is 162 g/mol. The van der Waals surface area contributed by atoms with Crippen molar-refractivity contribution in [2.75, 3.05) is 7.05 Å². The Bertz CT molecular complexity index is 241. The van der Waals surface area contributed by atoms with E-state index in [4.69, 9.17) is 0 Å². The van der Waals surface area contributed by atoms with Crippen molar-refractivity contribution < 1.29 is 0 Å². The van der Waals surface area contributed by atoms with Crippen molar-refractivity contribution >= 4 is 0 Å². The summed E-state index contributed by atoms with van der Waals surface area (Å²) < 4.78 is 0. The fourth-order valence-electron chi connectivity index (χ4n) is 1.09. The molecule has 0 N–H and O–H groups in total. The molecule has 0 saturated carbocycles. The molecular weight excluding hydrogens is 148 g/mol. The van der Waals surface area contributed by atoms with Gasteiger partial charge in [-0.05, 0) is 24.8 Å². The lowest BCUT2D eigenvalue weighted by molar-refractivity contribution is 0.449. The largest absolute Gasteiger partial charge is 0.376 e. The minimum absolute atomic E-state index is 0.915. The molecule has 0 bridgehead atoms. The van der Waals surface area contributed by atoms with E-state index in [1.165, 1.54) is 5.56 Å². The van der Waals surface area contributed by atoms with Gasteiger partial charge in [0.15, 0.2) is 0 Å². The maximum atomic E-state index is 4.05. The first-order valence-electron chi connectivity index (χ1n) is 4.05. The Morgan fingerprint density at radius 2 is 2.42 bits per heavy atom. The van der Waals surface area contributed by atoms with Crippen LogP contribution in [0.25, 0.3) is 0 Å². The molecule has 0 radical (unpaired) electrons. The minimum atomic E-state index is 0.915. The van der Waals surface area contributed by atoms with E-state index in [9.17, 15) is 0 Å². The lowest BCUT2D eigenvalue weighted by atomic mass is 10.3. The molecule has 2 nitrogen and oxygen atoms in total. The number of hydrogen-bond donors (Lipinski definition) is 0. The number of nitrogens with zero attached hydrogens (tertiary/aromatic N) is 2. The third kappa shape index (κ3) is 2.74. The quantitative estimate of drug-likeness (QED) is 0.676. The van der Waals surface area contributed by atoms with Gasteiger partial charge < -0.3 is 4.90 Å². The van der Waals surface area contributed by atoms with E-state index in [-0.39, 0.29) is 0 Å². The Kier molecular flexibility index (Phi) is 3.33. The van der Waals surface area contributed by atoms with Crippen LogP contribution in [0.2, 0.25) is 0 Å². The predicted octanol–water partition coefficient (Wildman–Crippen LogP) is 2.05. The molecule has 0 amide bonds. The van der Waals surface area contributed by atoms with Crippen molar-refractivity contribution in [1.82, 2.24) is 9.88 Å². The van der Waals surface area contributed by atoms with E-state index >= 15 is 0 Å². The molecule has 0 saturated heterocycles. The maximum absolute atomic E-state index is 4.05. The summed E-state index contributed by atoms with van der Waals surface area (Å²) in [5.41, 5.74) is 1.23. The van der Waals surface area contributed by atoms with Gasteiger partial charge >= 0.3 is 0 Å². The van der Waals surface area contributed by atoms with Gasteiger partial charge in [0, 0.05) is 26.0 Å². The molecule has 12 heavy (non-hydrogen) atoms. The first kappa shape index (κ1) is 8.78. The molecule has 2 heteroatoms. The van der Waals surface area contributed by atoms with Crippen molar-refractivity contribution in [3.05, 3.63) is 42.4 Å². The highest BCUT2D eigenvalue weighted by Crippen LogP contribution is 2.00. The topological polar surface area (TPSA) is 16.1 Å². The van der Waals surface area contributed by atoms with Gasteiger partial charge in [-0.25, -0.2) is 0 Å². The maximum Gasteiger partial charge on any atom is 0.0435 e. The van der Waals surface area contributed by atoms with E-state index in [1.54, 1.807) is 6.20 Å². The normalized spacial score (nSPS) is 10.5. The molecule has 0 unspecified atom stereocenters. The van der Waals surface area contributed by atoms with Crippen molar-refractivity contribution in [2.24, 2.45) is 0 Å². The zero-order valence-electron chi connectivity index (χ0n) is 7.57. The Balaban J connectivity index is 2.52. The molecule has 0 fully saturated rings. The predicted molar refractivity (Wildman–Crippen MR) is 50.5 cm³/mol. The second kappa shape index (κ2) is 4.54. The van der Waals surface area contributed by atoms with E-state index in [0.717, 1.165) is 6.54 Å². The van der Waals surface area contributed by atoms with Crippen LogP contribution in [-0.2, 0) is 6.54 Å². The fourth-order valence-corrected chi connectivity index (χ4v) is 1.09. The molecular formula is C10H14N2. The molecule has 0 atom stereocenters. The monoisotopic (exact) mass is 162 g/mol. The highest BCUT2D eigenvalue weighted by molar-refractivity contribution is 5.08. The van der Waals surface area contributed by atoms with E-state index < -0.39 is 0 Å². The standard InChI is InChI=1S/C10H14N2/c1-3-7-12(2)9-10-5-4-6-11-8-10/h3-8H,9H2,1-2H3. The summed E-state index contributed by atoms with van der Waals surface area (Å²) in [7, 11) is 2.05. The Morgan fingerprint density at radius 3 is 3.00 bits per heavy atom. The van der Waals surface area contributed by atoms with E-state index in [1.807, 2.05) is 38.5 Å². The van der Waals surface area contributed by atoms with Crippen molar-refractivity contribution in [3.63, 3.8) is 0 Å². The van der Waals surface area contributed by atoms with Gasteiger partial charge in [-0.15, -0.1) is 0 Å². The zero-order chi connectivity index (χ0) is 8.81. The summed E-state index contributed by atoms with van der Waals surface area (Å²) in [5, 5.41) is 0. The van der Waals surface area contributed by atoms with Gasteiger partial charge in [0.05, 0.1) is 0 Å². The van der Waals surface area contributed by atoms with Crippen molar-refractivity contribution in [3.8, 4) is 0 Å². The molecule has 1 aromatic heterocycles. The first-order valence-corrected chi connectivity index (χ1v) is 4.05. The summed E-state index contributed by atoms with van der Waals surface area (Å²) in [6.07, 6.45) is 7.75. The molecule has 64 valence electrons. The van der Waals surface area contributed by atoms with Gasteiger partial charge in [0.2, 0.25) is 0 Å². The smallest absolute Gasteiger partial charge is 0.0435 e. The SMILES string of the molecule is CC=CN(C)Cc1cccnc1. The lowest BCUT2D eigenvalue weighted by Gasteiger charge is -2.12. The van der Waals surface area contributed by atoms with E-state index in [2.05, 4.69) is 16.0 Å². The van der Waals surface area contributed by atoms with Crippen LogP contribution in [0, 0.1) is 0 Å². The van der Waals surface area contributed by atoms with Crippen LogP contribution in [0.15, 0.2) is 36.8 Å². The number of pyridine rings is 1. The molecule has 0 aliphatic rings. The third-order valence-corrected chi connectivity index (χ3v) is 1.56. The Morgan fingerprint density at radius 1 is 1.58 bits per heavy atom. The summed E-state index contributed by atoms with van der Waals surface area (Å²) in [4.78, 5) is 6.17. The van der Waals surface area contributed by atoms with E-state index in [0.29, 0.717) is 0 Å². The molecule has 1 aromatic rings. The highest BCUT2D eigenvalue weighted by atomic mass is 15.1. The highest BCUT2D eigenvalue weighted by Gasteiger charge is 1.92. The lowest BCUT2D eigenvalue weighted by Crippen LogP contribution is -2.09. The second-order valence-corrected chi connectivity index (χ2v) is 2.76. The minimum Gasteiger partial charge on any atom is -0.376 e. The molecule has 0 aliphatic heterocycles. The Hall–Kier alpha value is -1.31. The number of allylic oxidation sites excluding steroid dienone is 1. The zero-order valence-corrected chi connectivity index (χ0v) is 7.57. The van der Waals surface area contributed by atoms with Crippen LogP contribution in [-0.4, -0.2) is 16.9 Å². The Labute approximate surface area is 73.5 Å². The van der Waals surface area contributed by atoms with Gasteiger partial charge in [0.25, 0.3) is 0 Å². The second-order valence-electron chi connectivity index (χ2n) is 2.76. The summed E-state index contributed by atoms with van der Waals surface area (Å²) in [6.45, 7) is 2.93. The molecule has 1 heterocycles. The summed E-state index contributed by atoms with van der Waals surface area (Å²) >= 11 is 0. The third-order valence-electron chi connectivity index (χ3n) is 1.56. The fraction of sp³-hybridized carbons (Fsp3) is 0.300. The van der Waals surface area contributed by atoms with Crippen molar-refractivity contribution in [2.45, 2.75) is 13.5 Å². The molecule has 0 aliphatic carbocycles. The van der Waals surface area contributed by atoms with Crippen molar-refractivity contribution in [1.29, 1.82) is 0 Å². The van der Waals surface area contributed by atoms with Crippen LogP contribution in [0.1, 0.15) is 12.5 Å². The molecule has 1 rings (SSSR count). The van der Waals surface area contributed by atoms with Crippen LogP contribution < -0.4 is 0 Å². The molecule has 0 spiro atoms. The number of hydrogen-bond acceptors (Lipinski definition) is 2. The molecule has 0 aromatic carbocycles. The average Bonchev–Trinajstić information content (AvgIpc) is 2.06. The summed E-state index contributed by atoms with van der Waals surface area (Å²) in [5.74, 6) is 0. The van der Waals surface area contributed by atoms with Crippen LogP contribution in [0.3, 0.4) is 0 Å². The number of rotatable bonds is 3. The number of aromatic nitrogens is 1. The summed E-state index contributed by atoms with van der Waals surface area (Å²) in [6, 6.07) is 4.03. The first-order chi connectivity index (χ1) is 5.83. The van der Waals surface area contributed by atoms with Gasteiger partial charge in [-0.1, -0.05) is 12.1 Å². The van der Waals surface area contributed by atoms with Gasteiger partial charge in [-0.3, -0.25) is 4.98 Å². The van der Waals surface area contributed by atoms with Crippen LogP contribution in [0.5, 0.6) is 0 Å². The van der Waals surface area contributed by atoms with Gasteiger partial charge in [-0.2, -0.15) is 0 Å². The van der Waals surface area contributed by atoms with Gasteiger partial charge in [0.1, 0.15) is 0 Å². The van der Waals surface area contributed by atoms with Crippen LogP contribution >= 0.6 is 0 Å².